The summed E-state index contributed by atoms with van der Waals surface area (Å²) in [6, 6.07) is 3.98. The Morgan fingerprint density at radius 2 is 2.18 bits per heavy atom. The Kier molecular flexibility index (Phi) is 4.29. The summed E-state index contributed by atoms with van der Waals surface area (Å²) in [6.07, 6.45) is 7.42. The van der Waals surface area contributed by atoms with Gasteiger partial charge in [-0.25, -0.2) is 9.97 Å². The minimum Gasteiger partial charge on any atom is -0.490 e. The van der Waals surface area contributed by atoms with Crippen molar-refractivity contribution >= 4 is 22.9 Å². The van der Waals surface area contributed by atoms with Gasteiger partial charge in [-0.2, -0.15) is 11.8 Å². The summed E-state index contributed by atoms with van der Waals surface area (Å²) in [5, 5.41) is 0. The number of thioether (sulfide) groups is 1. The molecule has 0 aliphatic heterocycles. The summed E-state index contributed by atoms with van der Waals surface area (Å²) in [5.74, 6) is 2.54. The maximum absolute atomic E-state index is 5.85. The number of nitrogens with zero attached hydrogens (tertiary/aromatic N) is 4. The minimum atomic E-state index is 0.654. The van der Waals surface area contributed by atoms with E-state index in [0.717, 1.165) is 39.6 Å². The first-order chi connectivity index (χ1) is 10.7. The third kappa shape index (κ3) is 2.78. The molecule has 3 rings (SSSR count). The summed E-state index contributed by atoms with van der Waals surface area (Å²) < 4.78 is 7.84. The molecular formula is C16H18N4OS. The van der Waals surface area contributed by atoms with Crippen molar-refractivity contribution in [1.82, 2.24) is 19.5 Å². The van der Waals surface area contributed by atoms with Gasteiger partial charge in [0.2, 0.25) is 0 Å². The molecule has 3 aromatic rings. The van der Waals surface area contributed by atoms with E-state index in [1.807, 2.05) is 36.9 Å². The van der Waals surface area contributed by atoms with Crippen molar-refractivity contribution < 1.29 is 4.74 Å². The van der Waals surface area contributed by atoms with Crippen LogP contribution in [-0.4, -0.2) is 38.1 Å². The van der Waals surface area contributed by atoms with Gasteiger partial charge in [-0.3, -0.25) is 4.98 Å². The van der Waals surface area contributed by atoms with Crippen LogP contribution in [-0.2, 0) is 7.05 Å². The monoisotopic (exact) mass is 314 g/mol. The van der Waals surface area contributed by atoms with Crippen molar-refractivity contribution in [3.05, 3.63) is 36.3 Å². The van der Waals surface area contributed by atoms with E-state index in [4.69, 9.17) is 9.72 Å². The first kappa shape index (κ1) is 14.8. The van der Waals surface area contributed by atoms with Crippen LogP contribution in [0, 0.1) is 6.92 Å². The second-order valence-corrected chi connectivity index (χ2v) is 6.05. The molecule has 0 fully saturated rings. The third-order valence-corrected chi connectivity index (χ3v) is 3.99. The molecule has 0 saturated heterocycles. The van der Waals surface area contributed by atoms with Gasteiger partial charge in [0, 0.05) is 25.2 Å². The predicted molar refractivity (Wildman–Crippen MR) is 90.4 cm³/mol. The predicted octanol–water partition coefficient (Wildman–Crippen LogP) is 3.08. The van der Waals surface area contributed by atoms with Gasteiger partial charge in [0.1, 0.15) is 17.1 Å². The van der Waals surface area contributed by atoms with E-state index in [0.29, 0.717) is 6.61 Å². The number of fused-ring (bicyclic) bond motifs is 1. The zero-order valence-electron chi connectivity index (χ0n) is 12.9. The molecule has 0 amide bonds. The van der Waals surface area contributed by atoms with Gasteiger partial charge < -0.3 is 9.30 Å². The molecule has 0 spiro atoms. The molecule has 0 unspecified atom stereocenters. The normalized spacial score (nSPS) is 11.0. The lowest BCUT2D eigenvalue weighted by Crippen LogP contribution is -2.03. The topological polar surface area (TPSA) is 52.8 Å². The number of imidazole rings is 1. The largest absolute Gasteiger partial charge is 0.490 e. The van der Waals surface area contributed by atoms with Gasteiger partial charge in [0.05, 0.1) is 18.4 Å². The molecule has 0 aliphatic rings. The van der Waals surface area contributed by atoms with Gasteiger partial charge in [-0.05, 0) is 30.9 Å². The smallest absolute Gasteiger partial charge is 0.160 e. The number of pyridine rings is 2. The Morgan fingerprint density at radius 3 is 3.00 bits per heavy atom. The fourth-order valence-corrected chi connectivity index (χ4v) is 2.58. The summed E-state index contributed by atoms with van der Waals surface area (Å²) >= 11 is 1.75. The summed E-state index contributed by atoms with van der Waals surface area (Å²) in [4.78, 5) is 13.4. The molecule has 3 aromatic heterocycles. The Balaban J connectivity index is 2.05. The van der Waals surface area contributed by atoms with E-state index in [9.17, 15) is 0 Å². The highest BCUT2D eigenvalue weighted by atomic mass is 32.2. The number of aryl methyl sites for hydroxylation is 2. The molecule has 22 heavy (non-hydrogen) atoms. The Bertz CT molecular complexity index is 800. The molecule has 3 heterocycles. The van der Waals surface area contributed by atoms with E-state index in [-0.39, 0.29) is 0 Å². The Hall–Kier alpha value is -2.08. The average molecular weight is 314 g/mol. The van der Waals surface area contributed by atoms with Crippen LogP contribution in [0.25, 0.3) is 22.6 Å². The van der Waals surface area contributed by atoms with E-state index < -0.39 is 0 Å². The number of hydrogen-bond donors (Lipinski definition) is 0. The van der Waals surface area contributed by atoms with Crippen molar-refractivity contribution in [3.8, 4) is 17.1 Å². The summed E-state index contributed by atoms with van der Waals surface area (Å²) in [6.45, 7) is 2.67. The first-order valence-corrected chi connectivity index (χ1v) is 8.45. The first-order valence-electron chi connectivity index (χ1n) is 7.06. The number of aromatic nitrogens is 4. The quantitative estimate of drug-likeness (QED) is 0.677. The van der Waals surface area contributed by atoms with Crippen LogP contribution in [0.2, 0.25) is 0 Å². The fraction of sp³-hybridized carbons (Fsp3) is 0.312. The molecule has 6 heteroatoms. The van der Waals surface area contributed by atoms with E-state index >= 15 is 0 Å². The van der Waals surface area contributed by atoms with Gasteiger partial charge in [-0.1, -0.05) is 0 Å². The van der Waals surface area contributed by atoms with Crippen LogP contribution in [0.4, 0.5) is 0 Å². The van der Waals surface area contributed by atoms with Crippen molar-refractivity contribution in [3.63, 3.8) is 0 Å². The highest BCUT2D eigenvalue weighted by molar-refractivity contribution is 7.98. The SMILES string of the molecule is CSCCOc1cnccc1-c1nc2cc(C)cnc2n1C. The number of rotatable bonds is 5. The highest BCUT2D eigenvalue weighted by Crippen LogP contribution is 2.30. The van der Waals surface area contributed by atoms with Crippen molar-refractivity contribution in [2.24, 2.45) is 7.05 Å². The maximum Gasteiger partial charge on any atom is 0.160 e. The van der Waals surface area contributed by atoms with Gasteiger partial charge >= 0.3 is 0 Å². The number of ether oxygens (including phenoxy) is 1. The van der Waals surface area contributed by atoms with Crippen molar-refractivity contribution in [2.45, 2.75) is 6.92 Å². The van der Waals surface area contributed by atoms with Crippen LogP contribution >= 0.6 is 11.8 Å². The van der Waals surface area contributed by atoms with Crippen LogP contribution in [0.1, 0.15) is 5.56 Å². The molecule has 114 valence electrons. The molecule has 0 aliphatic carbocycles. The minimum absolute atomic E-state index is 0.654. The molecule has 0 N–H and O–H groups in total. The van der Waals surface area contributed by atoms with Gasteiger partial charge in [0.25, 0.3) is 0 Å². The fourth-order valence-electron chi connectivity index (χ4n) is 2.33. The van der Waals surface area contributed by atoms with E-state index in [2.05, 4.69) is 16.2 Å². The van der Waals surface area contributed by atoms with Gasteiger partial charge in [-0.15, -0.1) is 0 Å². The van der Waals surface area contributed by atoms with Crippen LogP contribution < -0.4 is 4.74 Å². The highest BCUT2D eigenvalue weighted by Gasteiger charge is 2.15. The zero-order valence-corrected chi connectivity index (χ0v) is 13.7. The lowest BCUT2D eigenvalue weighted by molar-refractivity contribution is 0.344. The standard InChI is InChI=1S/C16H18N4OS/c1-11-8-13-16(18-9-11)20(2)15(19-13)12-4-5-17-10-14(12)21-6-7-22-3/h4-5,8-10H,6-7H2,1-3H3. The Labute approximate surface area is 133 Å². The lowest BCUT2D eigenvalue weighted by Gasteiger charge is -2.10. The average Bonchev–Trinajstić information content (AvgIpc) is 2.84. The molecule has 0 radical (unpaired) electrons. The van der Waals surface area contributed by atoms with Crippen LogP contribution in [0.3, 0.4) is 0 Å². The maximum atomic E-state index is 5.85. The molecule has 0 bridgehead atoms. The molecule has 0 saturated carbocycles. The molecule has 5 nitrogen and oxygen atoms in total. The molecular weight excluding hydrogens is 296 g/mol. The van der Waals surface area contributed by atoms with Crippen molar-refractivity contribution in [2.75, 3.05) is 18.6 Å². The van der Waals surface area contributed by atoms with E-state index in [1.54, 1.807) is 24.2 Å². The van der Waals surface area contributed by atoms with Crippen molar-refractivity contribution in [1.29, 1.82) is 0 Å². The zero-order chi connectivity index (χ0) is 15.5. The van der Waals surface area contributed by atoms with Crippen LogP contribution in [0.5, 0.6) is 5.75 Å². The van der Waals surface area contributed by atoms with Gasteiger partial charge in [0.15, 0.2) is 5.65 Å². The van der Waals surface area contributed by atoms with Crippen LogP contribution in [0.15, 0.2) is 30.7 Å². The van der Waals surface area contributed by atoms with E-state index in [1.165, 1.54) is 0 Å². The third-order valence-electron chi connectivity index (χ3n) is 3.42. The number of hydrogen-bond acceptors (Lipinski definition) is 5. The lowest BCUT2D eigenvalue weighted by atomic mass is 10.2. The Morgan fingerprint density at radius 1 is 1.32 bits per heavy atom. The molecule has 0 atom stereocenters. The summed E-state index contributed by atoms with van der Waals surface area (Å²) in [5.41, 5.74) is 3.80. The molecule has 0 aromatic carbocycles. The second kappa shape index (κ2) is 6.36. The second-order valence-electron chi connectivity index (χ2n) is 5.06. The summed E-state index contributed by atoms with van der Waals surface area (Å²) in [7, 11) is 1.97.